The Bertz CT molecular complexity index is 1130. The standard InChI is InChI=1S/C23H22N2O4S/c26-20-18(19-22(28)29-23(30-19)14-8-3-9-15-23)21(27)25(17-12-6-2-7-13-17)24(20)16-10-4-1-5-11-16/h1-2,4-7,10-13,19,26H,3,8-9,14-15H2. The highest BCUT2D eigenvalue weighted by molar-refractivity contribution is 8.01. The first-order valence-electron chi connectivity index (χ1n) is 10.2. The van der Waals surface area contributed by atoms with E-state index in [4.69, 9.17) is 4.74 Å². The Kier molecular flexibility index (Phi) is 4.70. The molecule has 6 nitrogen and oxygen atoms in total. The van der Waals surface area contributed by atoms with E-state index >= 15 is 0 Å². The summed E-state index contributed by atoms with van der Waals surface area (Å²) in [6.07, 6.45) is 4.69. The monoisotopic (exact) mass is 422 g/mol. The van der Waals surface area contributed by atoms with Crippen molar-refractivity contribution < 1.29 is 14.6 Å². The number of benzene rings is 2. The van der Waals surface area contributed by atoms with E-state index in [9.17, 15) is 14.7 Å². The Balaban J connectivity index is 1.68. The second-order valence-electron chi connectivity index (χ2n) is 7.73. The Morgan fingerprint density at radius 1 is 0.867 bits per heavy atom. The topological polar surface area (TPSA) is 73.5 Å². The number of nitrogens with zero attached hydrogens (tertiary/aromatic N) is 2. The van der Waals surface area contributed by atoms with Crippen LogP contribution in [-0.2, 0) is 9.53 Å². The van der Waals surface area contributed by atoms with Gasteiger partial charge in [0.25, 0.3) is 5.56 Å². The number of aromatic nitrogens is 2. The molecule has 2 aliphatic rings. The summed E-state index contributed by atoms with van der Waals surface area (Å²) in [5.74, 6) is -0.669. The number of hydrogen-bond acceptors (Lipinski definition) is 5. The fourth-order valence-corrected chi connectivity index (χ4v) is 5.91. The van der Waals surface area contributed by atoms with E-state index in [1.807, 2.05) is 48.5 Å². The van der Waals surface area contributed by atoms with Crippen LogP contribution in [0.25, 0.3) is 11.4 Å². The lowest BCUT2D eigenvalue weighted by atomic mass is 9.97. The first kappa shape index (κ1) is 19.1. The number of ether oxygens (including phenoxy) is 1. The van der Waals surface area contributed by atoms with E-state index in [1.54, 1.807) is 12.1 Å². The maximum atomic E-state index is 13.5. The van der Waals surface area contributed by atoms with Gasteiger partial charge in [-0.3, -0.25) is 9.59 Å². The molecule has 1 aromatic heterocycles. The van der Waals surface area contributed by atoms with Gasteiger partial charge in [0.1, 0.15) is 10.8 Å². The lowest BCUT2D eigenvalue weighted by molar-refractivity contribution is -0.149. The number of para-hydroxylation sites is 2. The molecule has 2 aromatic carbocycles. The normalized spacial score (nSPS) is 20.4. The number of aromatic hydroxyl groups is 1. The number of rotatable bonds is 3. The van der Waals surface area contributed by atoms with Crippen molar-refractivity contribution in [3.63, 3.8) is 0 Å². The summed E-state index contributed by atoms with van der Waals surface area (Å²) in [5.41, 5.74) is 0.910. The minimum atomic E-state index is -0.837. The average Bonchev–Trinajstić information content (AvgIpc) is 3.22. The molecule has 2 heterocycles. The SMILES string of the molecule is O=C1OC2(CCCCC2)SC1c1c(O)n(-c2ccccc2)n(-c2ccccc2)c1=O. The van der Waals surface area contributed by atoms with Gasteiger partial charge in [-0.1, -0.05) is 54.6 Å². The molecule has 5 rings (SSSR count). The summed E-state index contributed by atoms with van der Waals surface area (Å²) in [6, 6.07) is 18.3. The van der Waals surface area contributed by atoms with Crippen LogP contribution in [0.2, 0.25) is 0 Å². The molecule has 1 aliphatic carbocycles. The van der Waals surface area contributed by atoms with E-state index in [-0.39, 0.29) is 11.4 Å². The molecule has 7 heteroatoms. The van der Waals surface area contributed by atoms with Gasteiger partial charge in [-0.05, 0) is 49.9 Å². The molecule has 30 heavy (non-hydrogen) atoms. The van der Waals surface area contributed by atoms with Gasteiger partial charge in [0.2, 0.25) is 5.88 Å². The Morgan fingerprint density at radius 3 is 2.03 bits per heavy atom. The number of carbonyl (C=O) groups is 1. The lowest BCUT2D eigenvalue weighted by Crippen LogP contribution is -2.27. The van der Waals surface area contributed by atoms with Crippen LogP contribution in [0.3, 0.4) is 0 Å². The molecule has 1 spiro atoms. The molecule has 1 unspecified atom stereocenters. The molecule has 1 aliphatic heterocycles. The predicted molar refractivity (Wildman–Crippen MR) is 115 cm³/mol. The van der Waals surface area contributed by atoms with Crippen molar-refractivity contribution in [2.24, 2.45) is 0 Å². The molecule has 2 fully saturated rings. The quantitative estimate of drug-likeness (QED) is 0.636. The van der Waals surface area contributed by atoms with Crippen molar-refractivity contribution in [3.05, 3.63) is 76.6 Å². The van der Waals surface area contributed by atoms with Crippen LogP contribution in [0, 0.1) is 0 Å². The van der Waals surface area contributed by atoms with E-state index < -0.39 is 21.7 Å². The van der Waals surface area contributed by atoms with Crippen molar-refractivity contribution >= 4 is 17.7 Å². The minimum Gasteiger partial charge on any atom is -0.493 e. The van der Waals surface area contributed by atoms with Crippen molar-refractivity contribution in [3.8, 4) is 17.3 Å². The molecule has 154 valence electrons. The highest BCUT2D eigenvalue weighted by atomic mass is 32.2. The average molecular weight is 423 g/mol. The zero-order valence-electron chi connectivity index (χ0n) is 16.4. The third kappa shape index (κ3) is 3.04. The predicted octanol–water partition coefficient (Wildman–Crippen LogP) is 4.33. The van der Waals surface area contributed by atoms with Crippen LogP contribution in [-0.4, -0.2) is 25.4 Å². The second-order valence-corrected chi connectivity index (χ2v) is 9.18. The maximum Gasteiger partial charge on any atom is 0.325 e. The summed E-state index contributed by atoms with van der Waals surface area (Å²) in [6.45, 7) is 0. The second kappa shape index (κ2) is 7.40. The fourth-order valence-electron chi connectivity index (χ4n) is 4.36. The minimum absolute atomic E-state index is 0.0835. The lowest BCUT2D eigenvalue weighted by Gasteiger charge is -2.30. The van der Waals surface area contributed by atoms with Crippen LogP contribution in [0.15, 0.2) is 65.5 Å². The Hall–Kier alpha value is -2.93. The largest absolute Gasteiger partial charge is 0.493 e. The van der Waals surface area contributed by atoms with E-state index in [0.29, 0.717) is 11.4 Å². The van der Waals surface area contributed by atoms with Crippen molar-refractivity contribution in [2.75, 3.05) is 0 Å². The summed E-state index contributed by atoms with van der Waals surface area (Å²) < 4.78 is 8.66. The molecule has 0 radical (unpaired) electrons. The van der Waals surface area contributed by atoms with Gasteiger partial charge in [0.15, 0.2) is 4.93 Å². The summed E-state index contributed by atoms with van der Waals surface area (Å²) >= 11 is 1.38. The molecule has 1 saturated carbocycles. The van der Waals surface area contributed by atoms with Gasteiger partial charge < -0.3 is 9.84 Å². The highest BCUT2D eigenvalue weighted by Crippen LogP contribution is 2.54. The molecule has 1 saturated heterocycles. The molecule has 1 N–H and O–H groups in total. The fraction of sp³-hybridized carbons (Fsp3) is 0.304. The van der Waals surface area contributed by atoms with E-state index in [2.05, 4.69) is 0 Å². The number of esters is 1. The van der Waals surface area contributed by atoms with Gasteiger partial charge in [-0.2, -0.15) is 0 Å². The van der Waals surface area contributed by atoms with Crippen LogP contribution < -0.4 is 5.56 Å². The number of carbonyl (C=O) groups excluding carboxylic acids is 1. The Morgan fingerprint density at radius 2 is 1.43 bits per heavy atom. The molecular weight excluding hydrogens is 400 g/mol. The zero-order chi connectivity index (χ0) is 20.7. The van der Waals surface area contributed by atoms with Gasteiger partial charge >= 0.3 is 5.97 Å². The highest BCUT2D eigenvalue weighted by Gasteiger charge is 2.51. The third-order valence-corrected chi connectivity index (χ3v) is 7.36. The zero-order valence-corrected chi connectivity index (χ0v) is 17.2. The molecule has 0 bridgehead atoms. The van der Waals surface area contributed by atoms with Gasteiger partial charge in [-0.15, -0.1) is 0 Å². The molecule has 0 amide bonds. The summed E-state index contributed by atoms with van der Waals surface area (Å²) in [7, 11) is 0. The maximum absolute atomic E-state index is 13.5. The first-order valence-corrected chi connectivity index (χ1v) is 11.1. The smallest absolute Gasteiger partial charge is 0.325 e. The Labute approximate surface area is 178 Å². The van der Waals surface area contributed by atoms with Crippen LogP contribution in [0.4, 0.5) is 0 Å². The van der Waals surface area contributed by atoms with Gasteiger partial charge in [-0.25, -0.2) is 9.36 Å². The van der Waals surface area contributed by atoms with Crippen molar-refractivity contribution in [1.82, 2.24) is 9.36 Å². The van der Waals surface area contributed by atoms with Crippen molar-refractivity contribution in [1.29, 1.82) is 0 Å². The third-order valence-electron chi connectivity index (χ3n) is 5.78. The number of thioether (sulfide) groups is 1. The molecule has 1 atom stereocenters. The van der Waals surface area contributed by atoms with Gasteiger partial charge in [0, 0.05) is 0 Å². The van der Waals surface area contributed by atoms with Gasteiger partial charge in [0.05, 0.1) is 11.4 Å². The summed E-state index contributed by atoms with van der Waals surface area (Å²) in [5, 5.41) is 10.4. The molecular formula is C23H22N2O4S. The first-order chi connectivity index (χ1) is 14.6. The van der Waals surface area contributed by atoms with Crippen LogP contribution >= 0.6 is 11.8 Å². The van der Waals surface area contributed by atoms with Crippen LogP contribution in [0.5, 0.6) is 5.88 Å². The van der Waals surface area contributed by atoms with E-state index in [0.717, 1.165) is 32.1 Å². The van der Waals surface area contributed by atoms with E-state index in [1.165, 1.54) is 21.1 Å². The van der Waals surface area contributed by atoms with Crippen LogP contribution in [0.1, 0.15) is 42.9 Å². The van der Waals surface area contributed by atoms with Crippen molar-refractivity contribution in [2.45, 2.75) is 42.3 Å². The summed E-state index contributed by atoms with van der Waals surface area (Å²) in [4.78, 5) is 25.8. The molecule has 3 aromatic rings. The number of hydrogen-bond donors (Lipinski definition) is 1.